The summed E-state index contributed by atoms with van der Waals surface area (Å²) in [4.78, 5) is 53.2. The van der Waals surface area contributed by atoms with Crippen LogP contribution in [0.1, 0.15) is 89.4 Å². The van der Waals surface area contributed by atoms with Gasteiger partial charge in [0.15, 0.2) is 0 Å². The molecule has 0 spiro atoms. The molecule has 1 saturated carbocycles. The maximum Gasteiger partial charge on any atom is 0.337 e. The third-order valence-corrected chi connectivity index (χ3v) is 9.74. The Morgan fingerprint density at radius 2 is 0.596 bits per heavy atom. The van der Waals surface area contributed by atoms with Gasteiger partial charge in [-0.05, 0) is 96.5 Å². The maximum atomic E-state index is 12.1. The summed E-state index contributed by atoms with van der Waals surface area (Å²) >= 11 is 0. The molecular formula is C42H46N2O8. The van der Waals surface area contributed by atoms with Crippen LogP contribution < -0.4 is 0 Å². The lowest BCUT2D eigenvalue weighted by Gasteiger charge is -2.41. The fraction of sp³-hybridized carbons (Fsp3) is 0.333. The fourth-order valence-electron chi connectivity index (χ4n) is 6.81. The number of methoxy groups -OCH3 is 4. The van der Waals surface area contributed by atoms with Gasteiger partial charge in [-0.15, -0.1) is 0 Å². The fourth-order valence-corrected chi connectivity index (χ4v) is 6.81. The third-order valence-electron chi connectivity index (χ3n) is 9.74. The van der Waals surface area contributed by atoms with Crippen LogP contribution in [0.25, 0.3) is 0 Å². The zero-order valence-corrected chi connectivity index (χ0v) is 30.2. The lowest BCUT2D eigenvalue weighted by Crippen LogP contribution is -2.43. The van der Waals surface area contributed by atoms with E-state index in [4.69, 9.17) is 18.9 Å². The molecule has 0 radical (unpaired) electrons. The highest BCUT2D eigenvalue weighted by Crippen LogP contribution is 2.31. The summed E-state index contributed by atoms with van der Waals surface area (Å²) in [6.07, 6.45) is 3.91. The Morgan fingerprint density at radius 3 is 0.769 bits per heavy atom. The molecule has 0 unspecified atom stereocenters. The second kappa shape index (κ2) is 18.3. The summed E-state index contributed by atoms with van der Waals surface area (Å²) in [5, 5.41) is 0. The number of esters is 4. The summed E-state index contributed by atoms with van der Waals surface area (Å²) in [6.45, 7) is 2.77. The van der Waals surface area contributed by atoms with Crippen LogP contribution in [-0.2, 0) is 45.1 Å². The van der Waals surface area contributed by atoms with Gasteiger partial charge < -0.3 is 18.9 Å². The van der Waals surface area contributed by atoms with E-state index in [2.05, 4.69) is 9.80 Å². The molecule has 0 saturated heterocycles. The van der Waals surface area contributed by atoms with E-state index in [-0.39, 0.29) is 23.9 Å². The highest BCUT2D eigenvalue weighted by atomic mass is 16.5. The molecular weight excluding hydrogens is 660 g/mol. The largest absolute Gasteiger partial charge is 0.465 e. The minimum absolute atomic E-state index is 0.303. The van der Waals surface area contributed by atoms with Crippen molar-refractivity contribution >= 4 is 23.9 Å². The molecule has 5 rings (SSSR count). The molecule has 52 heavy (non-hydrogen) atoms. The molecule has 0 aromatic heterocycles. The van der Waals surface area contributed by atoms with Crippen LogP contribution in [0.4, 0.5) is 0 Å². The van der Waals surface area contributed by atoms with Crippen LogP contribution in [0.5, 0.6) is 0 Å². The Balaban J connectivity index is 1.34. The molecule has 4 aromatic rings. The first kappa shape index (κ1) is 37.9. The van der Waals surface area contributed by atoms with E-state index < -0.39 is 0 Å². The Morgan fingerprint density at radius 1 is 0.404 bits per heavy atom. The quantitative estimate of drug-likeness (QED) is 0.102. The summed E-state index contributed by atoms with van der Waals surface area (Å²) in [7, 11) is 5.51. The number of ether oxygens (including phenoxy) is 4. The van der Waals surface area contributed by atoms with E-state index in [9.17, 15) is 19.2 Å². The molecule has 272 valence electrons. The Labute approximate surface area is 305 Å². The van der Waals surface area contributed by atoms with Gasteiger partial charge >= 0.3 is 23.9 Å². The van der Waals surface area contributed by atoms with Crippen LogP contribution in [0.3, 0.4) is 0 Å². The molecule has 0 heterocycles. The average molecular weight is 707 g/mol. The van der Waals surface area contributed by atoms with Crippen molar-refractivity contribution < 1.29 is 38.1 Å². The monoisotopic (exact) mass is 706 g/mol. The lowest BCUT2D eigenvalue weighted by atomic mass is 9.88. The first-order valence-corrected chi connectivity index (χ1v) is 17.4. The van der Waals surface area contributed by atoms with Gasteiger partial charge in [-0.2, -0.15) is 0 Å². The molecule has 0 N–H and O–H groups in total. The average Bonchev–Trinajstić information content (AvgIpc) is 3.20. The zero-order chi connectivity index (χ0) is 37.0. The molecule has 10 heteroatoms. The van der Waals surface area contributed by atoms with E-state index in [1.54, 1.807) is 48.5 Å². The van der Waals surface area contributed by atoms with Crippen molar-refractivity contribution in [2.24, 2.45) is 0 Å². The Hall–Kier alpha value is -5.32. The van der Waals surface area contributed by atoms with Gasteiger partial charge in [-0.3, -0.25) is 9.80 Å². The third kappa shape index (κ3) is 9.92. The van der Waals surface area contributed by atoms with Crippen molar-refractivity contribution in [3.8, 4) is 0 Å². The standard InChI is InChI=1S/C42H46N2O8/c1-49-39(45)33-13-5-29(6-14-33)25-43(26-30-7-15-34(16-8-30)40(46)50-2)37-21-23-38(24-22-37)44(27-31-9-17-35(18-10-31)41(47)51-3)28-32-11-19-36(20-12-32)42(48)52-4/h5-20,37-38H,21-28H2,1-4H3. The number of carbonyl (C=O) groups is 4. The highest BCUT2D eigenvalue weighted by molar-refractivity contribution is 5.90. The van der Waals surface area contributed by atoms with E-state index in [1.165, 1.54) is 28.4 Å². The first-order chi connectivity index (χ1) is 25.2. The van der Waals surface area contributed by atoms with Crippen LogP contribution in [0.2, 0.25) is 0 Å². The van der Waals surface area contributed by atoms with Gasteiger partial charge in [-0.1, -0.05) is 48.5 Å². The molecule has 0 atom stereocenters. The van der Waals surface area contributed by atoms with Crippen LogP contribution in [0, 0.1) is 0 Å². The minimum atomic E-state index is -0.365. The van der Waals surface area contributed by atoms with Gasteiger partial charge in [0.1, 0.15) is 0 Å². The number of rotatable bonds is 14. The molecule has 1 fully saturated rings. The van der Waals surface area contributed by atoms with Crippen molar-refractivity contribution in [1.29, 1.82) is 0 Å². The predicted octanol–water partition coefficient (Wildman–Crippen LogP) is 6.85. The zero-order valence-electron chi connectivity index (χ0n) is 30.2. The molecule has 1 aliphatic rings. The van der Waals surface area contributed by atoms with Gasteiger partial charge in [0, 0.05) is 38.3 Å². The van der Waals surface area contributed by atoms with Crippen molar-refractivity contribution in [3.63, 3.8) is 0 Å². The van der Waals surface area contributed by atoms with Gasteiger partial charge in [0.05, 0.1) is 50.7 Å². The summed E-state index contributed by atoms with van der Waals surface area (Å²) in [5.41, 5.74) is 6.41. The normalized spacial score (nSPS) is 15.6. The summed E-state index contributed by atoms with van der Waals surface area (Å²) in [5.74, 6) is -1.46. The number of nitrogens with zero attached hydrogens (tertiary/aromatic N) is 2. The molecule has 0 bridgehead atoms. The minimum Gasteiger partial charge on any atom is -0.465 e. The highest BCUT2D eigenvalue weighted by Gasteiger charge is 2.30. The van der Waals surface area contributed by atoms with Gasteiger partial charge in [0.2, 0.25) is 0 Å². The lowest BCUT2D eigenvalue weighted by molar-refractivity contribution is 0.0591. The number of hydrogen-bond acceptors (Lipinski definition) is 10. The van der Waals surface area contributed by atoms with E-state index in [0.717, 1.165) is 47.9 Å². The van der Waals surface area contributed by atoms with Gasteiger partial charge in [-0.25, -0.2) is 19.2 Å². The van der Waals surface area contributed by atoms with Crippen molar-refractivity contribution in [3.05, 3.63) is 142 Å². The van der Waals surface area contributed by atoms with E-state index in [0.29, 0.717) is 60.5 Å². The second-order valence-corrected chi connectivity index (χ2v) is 13.0. The molecule has 4 aromatic carbocycles. The van der Waals surface area contributed by atoms with E-state index >= 15 is 0 Å². The number of hydrogen-bond donors (Lipinski definition) is 0. The summed E-state index contributed by atoms with van der Waals surface area (Å²) in [6, 6.07) is 30.8. The number of carbonyl (C=O) groups excluding carboxylic acids is 4. The Kier molecular flexibility index (Phi) is 13.3. The maximum absolute atomic E-state index is 12.1. The first-order valence-electron chi connectivity index (χ1n) is 17.4. The van der Waals surface area contributed by atoms with Crippen molar-refractivity contribution in [1.82, 2.24) is 9.80 Å². The van der Waals surface area contributed by atoms with Crippen LogP contribution in [-0.4, -0.2) is 74.2 Å². The molecule has 0 aliphatic heterocycles. The van der Waals surface area contributed by atoms with Gasteiger partial charge in [0.25, 0.3) is 0 Å². The SMILES string of the molecule is COC(=O)c1ccc(CN(Cc2ccc(C(=O)OC)cc2)C2CCC(N(Cc3ccc(C(=O)OC)cc3)Cc3ccc(C(=O)OC)cc3)CC2)cc1. The Bertz CT molecular complexity index is 1540. The smallest absolute Gasteiger partial charge is 0.337 e. The topological polar surface area (TPSA) is 112 Å². The van der Waals surface area contributed by atoms with Crippen LogP contribution in [0.15, 0.2) is 97.1 Å². The van der Waals surface area contributed by atoms with E-state index in [1.807, 2.05) is 48.5 Å². The van der Waals surface area contributed by atoms with Crippen LogP contribution >= 0.6 is 0 Å². The molecule has 1 aliphatic carbocycles. The second-order valence-electron chi connectivity index (χ2n) is 13.0. The molecule has 0 amide bonds. The predicted molar refractivity (Wildman–Crippen MR) is 196 cm³/mol. The molecule has 10 nitrogen and oxygen atoms in total. The van der Waals surface area contributed by atoms with Crippen molar-refractivity contribution in [2.75, 3.05) is 28.4 Å². The van der Waals surface area contributed by atoms with Crippen molar-refractivity contribution in [2.45, 2.75) is 63.9 Å². The number of benzene rings is 4. The summed E-state index contributed by atoms with van der Waals surface area (Å²) < 4.78 is 19.5.